The molecule has 1 amide bonds. The monoisotopic (exact) mass is 267 g/mol. The molecule has 0 atom stereocenters. The van der Waals surface area contributed by atoms with Crippen LogP contribution >= 0.6 is 11.3 Å². The molecule has 1 aliphatic rings. The van der Waals surface area contributed by atoms with E-state index in [-0.39, 0.29) is 5.91 Å². The molecule has 1 saturated heterocycles. The van der Waals surface area contributed by atoms with E-state index in [4.69, 9.17) is 0 Å². The van der Waals surface area contributed by atoms with Gasteiger partial charge >= 0.3 is 0 Å². The predicted molar refractivity (Wildman–Crippen MR) is 73.7 cm³/mol. The number of hydrogen-bond donors (Lipinski definition) is 0. The summed E-state index contributed by atoms with van der Waals surface area (Å²) in [5.41, 5.74) is 1.82. The summed E-state index contributed by atoms with van der Waals surface area (Å²) in [7, 11) is 4.09. The van der Waals surface area contributed by atoms with Crippen LogP contribution in [0.4, 0.5) is 0 Å². The standard InChI is InChI=1S/C13H21N3OS/c1-15-7-5-11(6-8-15)16(2)13(17)4-3-12-9-14-10-18-12/h9-11H,3-8H2,1-2H3. The fourth-order valence-electron chi connectivity index (χ4n) is 2.36. The molecule has 1 aromatic rings. The second-order valence-electron chi connectivity index (χ2n) is 5.01. The highest BCUT2D eigenvalue weighted by atomic mass is 32.1. The second kappa shape index (κ2) is 6.29. The van der Waals surface area contributed by atoms with E-state index in [2.05, 4.69) is 16.9 Å². The van der Waals surface area contributed by atoms with Crippen LogP contribution in [0.15, 0.2) is 11.7 Å². The number of aryl methyl sites for hydroxylation is 1. The highest BCUT2D eigenvalue weighted by Gasteiger charge is 2.23. The van der Waals surface area contributed by atoms with Crippen molar-refractivity contribution in [2.75, 3.05) is 27.2 Å². The normalized spacial score (nSPS) is 17.9. The van der Waals surface area contributed by atoms with Crippen LogP contribution in [0.2, 0.25) is 0 Å². The van der Waals surface area contributed by atoms with Crippen molar-refractivity contribution < 1.29 is 4.79 Å². The fourth-order valence-corrected chi connectivity index (χ4v) is 2.96. The van der Waals surface area contributed by atoms with Crippen LogP contribution in [0, 0.1) is 0 Å². The largest absolute Gasteiger partial charge is 0.343 e. The number of carbonyl (C=O) groups excluding carboxylic acids is 1. The highest BCUT2D eigenvalue weighted by Crippen LogP contribution is 2.16. The first-order chi connectivity index (χ1) is 8.66. The zero-order chi connectivity index (χ0) is 13.0. The number of nitrogens with zero attached hydrogens (tertiary/aromatic N) is 3. The second-order valence-corrected chi connectivity index (χ2v) is 5.98. The van der Waals surface area contributed by atoms with Gasteiger partial charge in [0.05, 0.1) is 5.51 Å². The average molecular weight is 267 g/mol. The van der Waals surface area contributed by atoms with Crippen molar-refractivity contribution in [3.8, 4) is 0 Å². The quantitative estimate of drug-likeness (QED) is 0.832. The Labute approximate surface area is 113 Å². The van der Waals surface area contributed by atoms with Crippen LogP contribution in [0.3, 0.4) is 0 Å². The Balaban J connectivity index is 1.77. The molecule has 5 heteroatoms. The van der Waals surface area contributed by atoms with E-state index in [0.717, 1.165) is 32.4 Å². The molecule has 0 N–H and O–H groups in total. The molecule has 1 aromatic heterocycles. The predicted octanol–water partition coefficient (Wildman–Crippen LogP) is 1.63. The first-order valence-corrected chi connectivity index (χ1v) is 7.36. The number of thiazole rings is 1. The molecule has 0 unspecified atom stereocenters. The van der Waals surface area contributed by atoms with Gasteiger partial charge in [0.2, 0.25) is 5.91 Å². The van der Waals surface area contributed by atoms with Gasteiger partial charge in [-0.15, -0.1) is 11.3 Å². The van der Waals surface area contributed by atoms with Crippen molar-refractivity contribution in [3.63, 3.8) is 0 Å². The number of hydrogen-bond acceptors (Lipinski definition) is 4. The van der Waals surface area contributed by atoms with E-state index in [0.29, 0.717) is 12.5 Å². The van der Waals surface area contributed by atoms with Crippen molar-refractivity contribution in [2.24, 2.45) is 0 Å². The van der Waals surface area contributed by atoms with E-state index in [1.54, 1.807) is 11.3 Å². The van der Waals surface area contributed by atoms with E-state index in [1.165, 1.54) is 4.88 Å². The molecular weight excluding hydrogens is 246 g/mol. The number of rotatable bonds is 4. The molecule has 2 heterocycles. The summed E-state index contributed by atoms with van der Waals surface area (Å²) in [6.45, 7) is 2.19. The summed E-state index contributed by atoms with van der Waals surface area (Å²) < 4.78 is 0. The van der Waals surface area contributed by atoms with E-state index in [1.807, 2.05) is 23.7 Å². The Bertz CT molecular complexity index is 372. The van der Waals surface area contributed by atoms with Gasteiger partial charge in [-0.3, -0.25) is 9.78 Å². The van der Waals surface area contributed by atoms with Crippen LogP contribution in [0.5, 0.6) is 0 Å². The van der Waals surface area contributed by atoms with Gasteiger partial charge in [0.15, 0.2) is 0 Å². The summed E-state index contributed by atoms with van der Waals surface area (Å²) in [5.74, 6) is 0.262. The maximum Gasteiger partial charge on any atom is 0.222 e. The lowest BCUT2D eigenvalue weighted by molar-refractivity contribution is -0.132. The molecule has 18 heavy (non-hydrogen) atoms. The summed E-state index contributed by atoms with van der Waals surface area (Å²) in [6.07, 6.45) is 5.47. The molecule has 2 rings (SSSR count). The van der Waals surface area contributed by atoms with Gasteiger partial charge in [-0.05, 0) is 39.4 Å². The Hall–Kier alpha value is -0.940. The van der Waals surface area contributed by atoms with Crippen molar-refractivity contribution >= 4 is 17.2 Å². The van der Waals surface area contributed by atoms with Gasteiger partial charge in [-0.1, -0.05) is 0 Å². The maximum atomic E-state index is 12.1. The third-order valence-electron chi connectivity index (χ3n) is 3.70. The third-order valence-corrected chi connectivity index (χ3v) is 4.54. The molecule has 0 bridgehead atoms. The third kappa shape index (κ3) is 3.53. The lowest BCUT2D eigenvalue weighted by atomic mass is 10.0. The zero-order valence-electron chi connectivity index (χ0n) is 11.1. The Morgan fingerprint density at radius 1 is 1.56 bits per heavy atom. The Kier molecular flexibility index (Phi) is 4.72. The minimum absolute atomic E-state index is 0.262. The smallest absolute Gasteiger partial charge is 0.222 e. The lowest BCUT2D eigenvalue weighted by Crippen LogP contribution is -2.44. The van der Waals surface area contributed by atoms with Gasteiger partial charge in [0.25, 0.3) is 0 Å². The topological polar surface area (TPSA) is 36.4 Å². The molecule has 4 nitrogen and oxygen atoms in total. The van der Waals surface area contributed by atoms with Crippen molar-refractivity contribution in [1.82, 2.24) is 14.8 Å². The van der Waals surface area contributed by atoms with Crippen molar-refractivity contribution in [3.05, 3.63) is 16.6 Å². The van der Waals surface area contributed by atoms with Crippen LogP contribution in [0.25, 0.3) is 0 Å². The number of amides is 1. The van der Waals surface area contributed by atoms with Gasteiger partial charge in [0.1, 0.15) is 0 Å². The molecular formula is C13H21N3OS. The first-order valence-electron chi connectivity index (χ1n) is 6.48. The summed E-state index contributed by atoms with van der Waals surface area (Å²) >= 11 is 1.62. The number of aromatic nitrogens is 1. The van der Waals surface area contributed by atoms with Gasteiger partial charge < -0.3 is 9.80 Å². The molecule has 0 spiro atoms. The Morgan fingerprint density at radius 2 is 2.28 bits per heavy atom. The Morgan fingerprint density at radius 3 is 2.89 bits per heavy atom. The van der Waals surface area contributed by atoms with Crippen LogP contribution in [-0.2, 0) is 11.2 Å². The zero-order valence-corrected chi connectivity index (χ0v) is 11.9. The van der Waals surface area contributed by atoms with Crippen LogP contribution in [-0.4, -0.2) is 53.9 Å². The van der Waals surface area contributed by atoms with Gasteiger partial charge in [-0.25, -0.2) is 0 Å². The van der Waals surface area contributed by atoms with Gasteiger partial charge in [0, 0.05) is 30.6 Å². The van der Waals surface area contributed by atoms with E-state index in [9.17, 15) is 4.79 Å². The molecule has 0 aromatic carbocycles. The summed E-state index contributed by atoms with van der Waals surface area (Å²) in [4.78, 5) is 21.6. The van der Waals surface area contributed by atoms with E-state index < -0.39 is 0 Å². The molecule has 0 aliphatic carbocycles. The van der Waals surface area contributed by atoms with Crippen molar-refractivity contribution in [1.29, 1.82) is 0 Å². The van der Waals surface area contributed by atoms with Crippen molar-refractivity contribution in [2.45, 2.75) is 31.7 Å². The summed E-state index contributed by atoms with van der Waals surface area (Å²) in [5, 5.41) is 0. The van der Waals surface area contributed by atoms with E-state index >= 15 is 0 Å². The lowest BCUT2D eigenvalue weighted by Gasteiger charge is -2.35. The van der Waals surface area contributed by atoms with Crippen LogP contribution in [0.1, 0.15) is 24.1 Å². The minimum atomic E-state index is 0.262. The highest BCUT2D eigenvalue weighted by molar-refractivity contribution is 7.09. The molecule has 0 saturated carbocycles. The maximum absolute atomic E-state index is 12.1. The average Bonchev–Trinajstić information content (AvgIpc) is 2.89. The number of carbonyl (C=O) groups is 1. The summed E-state index contributed by atoms with van der Waals surface area (Å²) in [6, 6.07) is 0.426. The molecule has 1 aliphatic heterocycles. The number of likely N-dealkylation sites (tertiary alicyclic amines) is 1. The minimum Gasteiger partial charge on any atom is -0.343 e. The first kappa shape index (κ1) is 13.5. The molecule has 0 radical (unpaired) electrons. The SMILES string of the molecule is CN1CCC(N(C)C(=O)CCc2cncs2)CC1. The van der Waals surface area contributed by atoms with Gasteiger partial charge in [-0.2, -0.15) is 0 Å². The molecule has 1 fully saturated rings. The molecule has 100 valence electrons. The fraction of sp³-hybridized carbons (Fsp3) is 0.692. The van der Waals surface area contributed by atoms with Crippen LogP contribution < -0.4 is 0 Å². The number of piperidine rings is 1.